The van der Waals surface area contributed by atoms with Gasteiger partial charge < -0.3 is 10.2 Å². The van der Waals surface area contributed by atoms with E-state index in [0.29, 0.717) is 11.3 Å². The molecule has 1 amide bonds. The number of rotatable bonds is 4. The summed E-state index contributed by atoms with van der Waals surface area (Å²) in [6.07, 6.45) is 1.43. The van der Waals surface area contributed by atoms with E-state index in [1.54, 1.807) is 30.3 Å². The second-order valence-electron chi connectivity index (χ2n) is 5.51. The smallest absolute Gasteiger partial charge is 0.280 e. The molecule has 11 nitrogen and oxygen atoms in total. The minimum Gasteiger partial charge on any atom is -0.456 e. The second-order valence-corrected chi connectivity index (χ2v) is 6.54. The number of amidine groups is 1. The number of carbonyl (C=O) groups is 1. The van der Waals surface area contributed by atoms with E-state index in [9.17, 15) is 14.9 Å². The van der Waals surface area contributed by atoms with Gasteiger partial charge in [0.25, 0.3) is 11.6 Å². The van der Waals surface area contributed by atoms with Crippen molar-refractivity contribution in [2.45, 2.75) is 0 Å². The van der Waals surface area contributed by atoms with Crippen molar-refractivity contribution < 1.29 is 18.8 Å². The molecule has 0 saturated carbocycles. The lowest BCUT2D eigenvalue weighted by atomic mass is 10.1. The van der Waals surface area contributed by atoms with Gasteiger partial charge in [0.05, 0.1) is 15.4 Å². The number of aromatic nitrogens is 2. The zero-order valence-corrected chi connectivity index (χ0v) is 14.7. The lowest BCUT2D eigenvalue weighted by Crippen LogP contribution is -2.29. The molecule has 0 atom stereocenters. The van der Waals surface area contributed by atoms with Crippen molar-refractivity contribution in [1.29, 1.82) is 5.41 Å². The Balaban J connectivity index is 1.65. The van der Waals surface area contributed by atoms with Gasteiger partial charge in [-0.15, -0.1) is 0 Å². The molecule has 3 heterocycles. The highest BCUT2D eigenvalue weighted by Crippen LogP contribution is 2.37. The molecule has 28 heavy (non-hydrogen) atoms. The number of carbonyl (C=O) groups excluding carboxylic acids is 1. The van der Waals surface area contributed by atoms with Gasteiger partial charge in [-0.25, -0.2) is 9.53 Å². The summed E-state index contributed by atoms with van der Waals surface area (Å²) < 4.78 is 10.1. The van der Waals surface area contributed by atoms with Gasteiger partial charge in [0.15, 0.2) is 5.17 Å². The zero-order valence-electron chi connectivity index (χ0n) is 13.9. The van der Waals surface area contributed by atoms with E-state index in [1.807, 2.05) is 0 Å². The van der Waals surface area contributed by atoms with Crippen LogP contribution in [-0.2, 0) is 4.79 Å². The van der Waals surface area contributed by atoms with E-state index in [1.165, 1.54) is 12.1 Å². The predicted molar refractivity (Wildman–Crippen MR) is 100 cm³/mol. The summed E-state index contributed by atoms with van der Waals surface area (Å²) in [6.45, 7) is 0. The Labute approximate surface area is 160 Å². The first kappa shape index (κ1) is 17.5. The minimum absolute atomic E-state index is 0.0639. The zero-order chi connectivity index (χ0) is 19.8. The molecule has 12 heteroatoms. The summed E-state index contributed by atoms with van der Waals surface area (Å²) >= 11 is 0.884. The number of hydrogen-bond donors (Lipinski definition) is 2. The molecule has 4 rings (SSSR count). The van der Waals surface area contributed by atoms with Crippen molar-refractivity contribution >= 4 is 46.2 Å². The molecule has 1 aliphatic rings. The highest BCUT2D eigenvalue weighted by Gasteiger charge is 2.37. The third kappa shape index (κ3) is 2.91. The van der Waals surface area contributed by atoms with Crippen molar-refractivity contribution in [3.63, 3.8) is 0 Å². The summed E-state index contributed by atoms with van der Waals surface area (Å²) in [5, 5.41) is 26.0. The topological polar surface area (TPSA) is 165 Å². The SMILES string of the molecule is N=C1SC(=Cc2ccc(-c3ccccc3[N+](=O)[O-])o2)C(=O)N1c1nonc1N. The van der Waals surface area contributed by atoms with Gasteiger partial charge in [0.1, 0.15) is 11.5 Å². The Morgan fingerprint density at radius 3 is 2.75 bits per heavy atom. The summed E-state index contributed by atoms with van der Waals surface area (Å²) in [6, 6.07) is 9.32. The molecule has 2 aromatic heterocycles. The molecule has 0 unspecified atom stereocenters. The number of furan rings is 1. The number of nitro benzene ring substituents is 1. The molecule has 0 spiro atoms. The van der Waals surface area contributed by atoms with Crippen LogP contribution in [0.3, 0.4) is 0 Å². The number of nitrogen functional groups attached to an aromatic ring is 1. The van der Waals surface area contributed by atoms with Crippen LogP contribution >= 0.6 is 11.8 Å². The van der Waals surface area contributed by atoms with Crippen LogP contribution < -0.4 is 10.6 Å². The number of nitro groups is 1. The number of amides is 1. The highest BCUT2D eigenvalue weighted by molar-refractivity contribution is 8.19. The van der Waals surface area contributed by atoms with Crippen LogP contribution in [0.5, 0.6) is 0 Å². The normalized spacial score (nSPS) is 15.6. The largest absolute Gasteiger partial charge is 0.456 e. The third-order valence-electron chi connectivity index (χ3n) is 3.80. The van der Waals surface area contributed by atoms with Crippen molar-refractivity contribution in [3.8, 4) is 11.3 Å². The fourth-order valence-electron chi connectivity index (χ4n) is 2.57. The fraction of sp³-hybridized carbons (Fsp3) is 0. The number of nitrogens with zero attached hydrogens (tertiary/aromatic N) is 4. The van der Waals surface area contributed by atoms with Crippen LogP contribution in [0.25, 0.3) is 17.4 Å². The standard InChI is InChI=1S/C16H10N6O5S/c17-13-14(20-27-19-13)21-15(23)12(28-16(21)18)7-8-5-6-11(26-8)9-3-1-2-4-10(9)22(24)25/h1-7,18H,(H2,17,19). The minimum atomic E-state index is -0.541. The predicted octanol–water partition coefficient (Wildman–Crippen LogP) is 2.88. The van der Waals surface area contributed by atoms with Crippen LogP contribution in [0.1, 0.15) is 5.76 Å². The van der Waals surface area contributed by atoms with Gasteiger partial charge in [0.2, 0.25) is 11.6 Å². The molecule has 0 aliphatic carbocycles. The van der Waals surface area contributed by atoms with E-state index >= 15 is 0 Å². The van der Waals surface area contributed by atoms with Crippen molar-refractivity contribution in [1.82, 2.24) is 10.3 Å². The average Bonchev–Trinajstić information content (AvgIpc) is 3.36. The van der Waals surface area contributed by atoms with Crippen LogP contribution in [-0.4, -0.2) is 26.3 Å². The lowest BCUT2D eigenvalue weighted by Gasteiger charge is -2.08. The molecule has 1 saturated heterocycles. The van der Waals surface area contributed by atoms with Gasteiger partial charge in [-0.05, 0) is 40.3 Å². The highest BCUT2D eigenvalue weighted by atomic mass is 32.2. The van der Waals surface area contributed by atoms with Crippen molar-refractivity contribution in [2.24, 2.45) is 0 Å². The number of hydrogen-bond acceptors (Lipinski definition) is 10. The Morgan fingerprint density at radius 2 is 2.04 bits per heavy atom. The Hall–Kier alpha value is -3.93. The van der Waals surface area contributed by atoms with Gasteiger partial charge in [-0.1, -0.05) is 12.1 Å². The molecular formula is C16H10N6O5S. The summed E-state index contributed by atoms with van der Waals surface area (Å²) in [4.78, 5) is 24.4. The summed E-state index contributed by atoms with van der Waals surface area (Å²) in [5.74, 6) is -0.139. The molecule has 1 fully saturated rings. The maximum absolute atomic E-state index is 12.6. The van der Waals surface area contributed by atoms with E-state index in [0.717, 1.165) is 16.7 Å². The van der Waals surface area contributed by atoms with Crippen LogP contribution in [0.4, 0.5) is 17.3 Å². The molecule has 3 N–H and O–H groups in total. The number of anilines is 2. The number of para-hydroxylation sites is 1. The number of nitrogens with one attached hydrogen (secondary N) is 1. The van der Waals surface area contributed by atoms with Gasteiger partial charge >= 0.3 is 0 Å². The van der Waals surface area contributed by atoms with Gasteiger partial charge in [0, 0.05) is 12.1 Å². The van der Waals surface area contributed by atoms with Crippen molar-refractivity contribution in [2.75, 3.05) is 10.6 Å². The quantitative estimate of drug-likeness (QED) is 0.381. The monoisotopic (exact) mass is 398 g/mol. The first-order valence-corrected chi connectivity index (χ1v) is 8.51. The molecule has 0 bridgehead atoms. The molecule has 1 aromatic carbocycles. The van der Waals surface area contributed by atoms with Crippen LogP contribution in [0.15, 0.2) is 50.3 Å². The van der Waals surface area contributed by atoms with Gasteiger partial charge in [-0.3, -0.25) is 20.3 Å². The van der Waals surface area contributed by atoms with E-state index in [4.69, 9.17) is 15.6 Å². The van der Waals surface area contributed by atoms with E-state index in [-0.39, 0.29) is 33.2 Å². The van der Waals surface area contributed by atoms with E-state index < -0.39 is 10.8 Å². The number of thioether (sulfide) groups is 1. The molecule has 140 valence electrons. The Kier molecular flexibility index (Phi) is 4.16. The maximum Gasteiger partial charge on any atom is 0.280 e. The van der Waals surface area contributed by atoms with Crippen LogP contribution in [0.2, 0.25) is 0 Å². The van der Waals surface area contributed by atoms with Crippen LogP contribution in [0, 0.1) is 15.5 Å². The lowest BCUT2D eigenvalue weighted by molar-refractivity contribution is -0.384. The molecule has 3 aromatic rings. The molecular weight excluding hydrogens is 388 g/mol. The molecule has 0 radical (unpaired) electrons. The van der Waals surface area contributed by atoms with E-state index in [2.05, 4.69) is 14.9 Å². The first-order chi connectivity index (χ1) is 13.5. The average molecular weight is 398 g/mol. The number of benzene rings is 1. The summed E-state index contributed by atoms with van der Waals surface area (Å²) in [5.41, 5.74) is 5.81. The fourth-order valence-corrected chi connectivity index (χ4v) is 3.39. The maximum atomic E-state index is 12.6. The molecule has 1 aliphatic heterocycles. The number of nitrogens with two attached hydrogens (primary N) is 1. The Morgan fingerprint density at radius 1 is 1.25 bits per heavy atom. The van der Waals surface area contributed by atoms with Crippen molar-refractivity contribution in [3.05, 3.63) is 57.2 Å². The summed E-state index contributed by atoms with van der Waals surface area (Å²) in [7, 11) is 0. The Bertz CT molecular complexity index is 1150. The first-order valence-electron chi connectivity index (χ1n) is 7.70. The second kappa shape index (κ2) is 6.66. The van der Waals surface area contributed by atoms with Gasteiger partial charge in [-0.2, -0.15) is 0 Å². The third-order valence-corrected chi connectivity index (χ3v) is 4.69.